The largest absolute Gasteiger partial charge is 0.481 e. The number of aliphatic carboxylic acids is 2. The van der Waals surface area contributed by atoms with Crippen molar-refractivity contribution >= 4 is 11.9 Å². The van der Waals surface area contributed by atoms with E-state index in [-0.39, 0.29) is 0 Å². The van der Waals surface area contributed by atoms with Crippen LogP contribution in [0, 0.1) is 0 Å². The van der Waals surface area contributed by atoms with Crippen LogP contribution in [-0.4, -0.2) is 28.2 Å². The molecule has 0 rings (SSSR count). The number of carbonyl (C=O) groups is 2. The van der Waals surface area contributed by atoms with Gasteiger partial charge < -0.3 is 15.5 Å². The monoisotopic (exact) mass is 159 g/mol. The summed E-state index contributed by atoms with van der Waals surface area (Å²) in [6.45, 7) is 3.22. The van der Waals surface area contributed by atoms with Crippen LogP contribution in [-0.2, 0) is 9.59 Å². The van der Waals surface area contributed by atoms with Gasteiger partial charge in [-0.2, -0.15) is 0 Å². The molecule has 0 amide bonds. The molecule has 5 nitrogen and oxygen atoms in total. The van der Waals surface area contributed by atoms with Crippen LogP contribution >= 0.6 is 0 Å². The summed E-state index contributed by atoms with van der Waals surface area (Å²) in [6.07, 6.45) is 0.697. The first-order valence-corrected chi connectivity index (χ1v) is 2.89. The maximum absolute atomic E-state index is 10.3. The Kier molecular flexibility index (Phi) is 3.72. The highest BCUT2D eigenvalue weighted by Gasteiger charge is 2.18. The van der Waals surface area contributed by atoms with Gasteiger partial charge in [-0.1, -0.05) is 6.58 Å². The fourth-order valence-electron chi connectivity index (χ4n) is 0.534. The third-order valence-electron chi connectivity index (χ3n) is 0.996. The topological polar surface area (TPSA) is 86.6 Å². The van der Waals surface area contributed by atoms with E-state index < -0.39 is 24.4 Å². The number of nitrogens with one attached hydrogen (secondary N) is 1. The molecule has 5 heteroatoms. The summed E-state index contributed by atoms with van der Waals surface area (Å²) in [7, 11) is 0. The van der Waals surface area contributed by atoms with Crippen molar-refractivity contribution in [3.63, 3.8) is 0 Å². The number of hydrogen-bond donors (Lipinski definition) is 3. The van der Waals surface area contributed by atoms with Crippen LogP contribution in [0.2, 0.25) is 0 Å². The minimum absolute atomic E-state index is 0.457. The maximum atomic E-state index is 10.3. The van der Waals surface area contributed by atoms with Gasteiger partial charge in [0.05, 0.1) is 6.42 Å². The fraction of sp³-hybridized carbons (Fsp3) is 0.333. The van der Waals surface area contributed by atoms with E-state index in [1.54, 1.807) is 0 Å². The second-order valence-electron chi connectivity index (χ2n) is 1.86. The van der Waals surface area contributed by atoms with Gasteiger partial charge >= 0.3 is 11.9 Å². The zero-order valence-corrected chi connectivity index (χ0v) is 5.78. The Balaban J connectivity index is 3.99. The Morgan fingerprint density at radius 3 is 2.36 bits per heavy atom. The Morgan fingerprint density at radius 1 is 1.55 bits per heavy atom. The van der Waals surface area contributed by atoms with Crippen molar-refractivity contribution in [1.29, 1.82) is 0 Å². The van der Waals surface area contributed by atoms with E-state index in [9.17, 15) is 9.59 Å². The Bertz CT molecular complexity index is 177. The van der Waals surface area contributed by atoms with Gasteiger partial charge in [0.15, 0.2) is 0 Å². The summed E-state index contributed by atoms with van der Waals surface area (Å²) in [4.78, 5) is 20.3. The van der Waals surface area contributed by atoms with Crippen LogP contribution in [0.4, 0.5) is 0 Å². The van der Waals surface area contributed by atoms with Crippen LogP contribution in [0.3, 0.4) is 0 Å². The molecule has 0 aromatic rings. The minimum Gasteiger partial charge on any atom is -0.481 e. The smallest absolute Gasteiger partial charge is 0.326 e. The van der Waals surface area contributed by atoms with Gasteiger partial charge in [-0.3, -0.25) is 4.79 Å². The van der Waals surface area contributed by atoms with Crippen molar-refractivity contribution in [2.24, 2.45) is 0 Å². The molecule has 0 bridgehead atoms. The Morgan fingerprint density at radius 2 is 2.09 bits per heavy atom. The SMILES string of the molecule is C=CNC(CC(=O)O)C(=O)O. The van der Waals surface area contributed by atoms with Gasteiger partial charge in [0, 0.05) is 0 Å². The van der Waals surface area contributed by atoms with Gasteiger partial charge in [-0.25, -0.2) is 4.79 Å². The maximum Gasteiger partial charge on any atom is 0.326 e. The van der Waals surface area contributed by atoms with E-state index in [2.05, 4.69) is 11.9 Å². The quantitative estimate of drug-likeness (QED) is 0.510. The molecule has 1 atom stereocenters. The van der Waals surface area contributed by atoms with Crippen molar-refractivity contribution in [3.8, 4) is 0 Å². The summed E-state index contributed by atoms with van der Waals surface area (Å²) in [6, 6.07) is -1.09. The van der Waals surface area contributed by atoms with E-state index in [0.717, 1.165) is 6.20 Å². The normalized spacial score (nSPS) is 11.6. The van der Waals surface area contributed by atoms with Crippen LogP contribution in [0.5, 0.6) is 0 Å². The lowest BCUT2D eigenvalue weighted by Gasteiger charge is -2.08. The van der Waals surface area contributed by atoms with E-state index in [1.165, 1.54) is 0 Å². The summed E-state index contributed by atoms with van der Waals surface area (Å²) in [5.41, 5.74) is 0. The minimum atomic E-state index is -1.20. The first-order chi connectivity index (χ1) is 5.07. The number of rotatable bonds is 5. The summed E-state index contributed by atoms with van der Waals surface area (Å²) in [5.74, 6) is -2.36. The lowest BCUT2D eigenvalue weighted by molar-refractivity contribution is -0.145. The molecule has 0 fully saturated rings. The van der Waals surface area contributed by atoms with E-state index >= 15 is 0 Å². The lowest BCUT2D eigenvalue weighted by atomic mass is 10.2. The zero-order valence-electron chi connectivity index (χ0n) is 5.78. The zero-order chi connectivity index (χ0) is 8.85. The third kappa shape index (κ3) is 3.96. The predicted octanol–water partition coefficient (Wildman–Crippen LogP) is -0.353. The molecule has 0 heterocycles. The molecule has 0 aromatic heterocycles. The van der Waals surface area contributed by atoms with E-state index in [4.69, 9.17) is 10.2 Å². The molecule has 0 aliphatic carbocycles. The average Bonchev–Trinajstić information content (AvgIpc) is 1.86. The van der Waals surface area contributed by atoms with Crippen LogP contribution in [0.1, 0.15) is 6.42 Å². The first-order valence-electron chi connectivity index (χ1n) is 2.89. The van der Waals surface area contributed by atoms with Gasteiger partial charge in [-0.05, 0) is 6.20 Å². The molecule has 62 valence electrons. The van der Waals surface area contributed by atoms with E-state index in [1.807, 2.05) is 0 Å². The van der Waals surface area contributed by atoms with Gasteiger partial charge in [0.25, 0.3) is 0 Å². The second-order valence-corrected chi connectivity index (χ2v) is 1.86. The molecule has 0 saturated heterocycles. The molecule has 0 spiro atoms. The van der Waals surface area contributed by atoms with Crippen molar-refractivity contribution < 1.29 is 19.8 Å². The highest BCUT2D eigenvalue weighted by atomic mass is 16.4. The Labute approximate surface area is 63.3 Å². The molecule has 11 heavy (non-hydrogen) atoms. The molecule has 0 saturated carbocycles. The summed E-state index contributed by atoms with van der Waals surface area (Å²) < 4.78 is 0. The van der Waals surface area contributed by atoms with Gasteiger partial charge in [-0.15, -0.1) is 0 Å². The molecule has 1 unspecified atom stereocenters. The highest BCUT2D eigenvalue weighted by Crippen LogP contribution is 1.91. The van der Waals surface area contributed by atoms with E-state index in [0.29, 0.717) is 0 Å². The number of carboxylic acid groups (broad SMARTS) is 2. The van der Waals surface area contributed by atoms with Crippen LogP contribution in [0.15, 0.2) is 12.8 Å². The lowest BCUT2D eigenvalue weighted by Crippen LogP contribution is -2.35. The molecule has 0 aliphatic heterocycles. The second kappa shape index (κ2) is 4.32. The summed E-state index contributed by atoms with van der Waals surface area (Å²) >= 11 is 0. The van der Waals surface area contributed by atoms with Crippen LogP contribution in [0.25, 0.3) is 0 Å². The molecule has 0 aromatic carbocycles. The van der Waals surface area contributed by atoms with Crippen LogP contribution < -0.4 is 5.32 Å². The molecule has 3 N–H and O–H groups in total. The standard InChI is InChI=1S/C6H9NO4/c1-2-7-4(6(10)11)3-5(8)9/h2,4,7H,1,3H2,(H,8,9)(H,10,11). The number of carboxylic acids is 2. The first kappa shape index (κ1) is 9.48. The third-order valence-corrected chi connectivity index (χ3v) is 0.996. The predicted molar refractivity (Wildman–Crippen MR) is 37.0 cm³/mol. The highest BCUT2D eigenvalue weighted by molar-refractivity contribution is 5.80. The van der Waals surface area contributed by atoms with Gasteiger partial charge in [0.1, 0.15) is 6.04 Å². The molecular weight excluding hydrogens is 150 g/mol. The fourth-order valence-corrected chi connectivity index (χ4v) is 0.534. The van der Waals surface area contributed by atoms with Crippen molar-refractivity contribution in [1.82, 2.24) is 5.32 Å². The molecule has 0 aliphatic rings. The average molecular weight is 159 g/mol. The Hall–Kier alpha value is -1.52. The summed E-state index contributed by atoms with van der Waals surface area (Å²) in [5, 5.41) is 18.9. The van der Waals surface area contributed by atoms with Crippen molar-refractivity contribution in [2.45, 2.75) is 12.5 Å². The molecule has 0 radical (unpaired) electrons. The number of hydrogen-bond acceptors (Lipinski definition) is 3. The van der Waals surface area contributed by atoms with Gasteiger partial charge in [0.2, 0.25) is 0 Å². The molecular formula is C6H9NO4. The van der Waals surface area contributed by atoms with Crippen molar-refractivity contribution in [3.05, 3.63) is 12.8 Å². The van der Waals surface area contributed by atoms with Crippen molar-refractivity contribution in [2.75, 3.05) is 0 Å².